The summed E-state index contributed by atoms with van der Waals surface area (Å²) < 4.78 is 7.40. The van der Waals surface area contributed by atoms with Crippen molar-refractivity contribution in [2.75, 3.05) is 13.7 Å². The van der Waals surface area contributed by atoms with Crippen molar-refractivity contribution in [1.29, 1.82) is 0 Å². The van der Waals surface area contributed by atoms with Crippen molar-refractivity contribution in [2.24, 2.45) is 0 Å². The Hall–Kier alpha value is -3.11. The van der Waals surface area contributed by atoms with Crippen LogP contribution in [0, 0.1) is 0 Å². The lowest BCUT2D eigenvalue weighted by molar-refractivity contribution is 0.0908. The first-order valence-electron chi connectivity index (χ1n) is 10.7. The molecule has 0 amide bonds. The fourth-order valence-corrected chi connectivity index (χ4v) is 5.33. The molecule has 0 saturated carbocycles. The highest BCUT2D eigenvalue weighted by molar-refractivity contribution is 6.17. The van der Waals surface area contributed by atoms with Gasteiger partial charge in [0.05, 0.1) is 18.1 Å². The van der Waals surface area contributed by atoms with Gasteiger partial charge in [-0.3, -0.25) is 14.3 Å². The fourth-order valence-electron chi connectivity index (χ4n) is 5.33. The third-order valence-electron chi connectivity index (χ3n) is 6.70. The minimum absolute atomic E-state index is 0.192. The van der Waals surface area contributed by atoms with Crippen LogP contribution in [0.4, 0.5) is 0 Å². The highest BCUT2D eigenvalue weighted by atomic mass is 16.5. The van der Waals surface area contributed by atoms with Gasteiger partial charge in [-0.1, -0.05) is 36.4 Å². The Morgan fingerprint density at radius 3 is 2.67 bits per heavy atom. The lowest BCUT2D eigenvalue weighted by atomic mass is 9.90. The zero-order valence-electron chi connectivity index (χ0n) is 17.1. The highest BCUT2D eigenvalue weighted by Gasteiger charge is 2.29. The quantitative estimate of drug-likeness (QED) is 0.492. The second-order valence-electron chi connectivity index (χ2n) is 8.46. The van der Waals surface area contributed by atoms with E-state index in [1.54, 1.807) is 7.11 Å². The number of hydrogen-bond donors (Lipinski definition) is 0. The second-order valence-corrected chi connectivity index (χ2v) is 8.46. The number of fused-ring (bicyclic) bond motifs is 5. The van der Waals surface area contributed by atoms with E-state index >= 15 is 0 Å². The molecule has 6 rings (SSSR count). The number of aromatic nitrogens is 1. The zero-order valence-corrected chi connectivity index (χ0v) is 17.1. The lowest BCUT2D eigenvalue weighted by Crippen LogP contribution is -2.30. The Kier molecular flexibility index (Phi) is 3.96. The molecule has 0 atom stereocenters. The van der Waals surface area contributed by atoms with Gasteiger partial charge in [0.1, 0.15) is 5.75 Å². The van der Waals surface area contributed by atoms with Crippen LogP contribution in [0.2, 0.25) is 0 Å². The maximum absolute atomic E-state index is 12.9. The SMILES string of the molecule is COc1ccc2c3c4c(cc5c3n(c2c1)C(=O)CC5)CN(Cc1ccccc1)CC4. The molecule has 2 aliphatic rings. The van der Waals surface area contributed by atoms with Crippen LogP contribution in [0.5, 0.6) is 5.75 Å². The van der Waals surface area contributed by atoms with E-state index in [1.165, 1.54) is 33.0 Å². The lowest BCUT2D eigenvalue weighted by Gasteiger charge is -2.30. The van der Waals surface area contributed by atoms with Gasteiger partial charge in [0.15, 0.2) is 0 Å². The Balaban J connectivity index is 1.52. The van der Waals surface area contributed by atoms with Crippen molar-refractivity contribution in [3.05, 3.63) is 76.9 Å². The van der Waals surface area contributed by atoms with E-state index in [-0.39, 0.29) is 5.91 Å². The minimum atomic E-state index is 0.192. The second kappa shape index (κ2) is 6.71. The summed E-state index contributed by atoms with van der Waals surface area (Å²) in [6, 6.07) is 19.2. The van der Waals surface area contributed by atoms with E-state index in [4.69, 9.17) is 4.74 Å². The maximum atomic E-state index is 12.9. The first-order chi connectivity index (χ1) is 14.7. The summed E-state index contributed by atoms with van der Waals surface area (Å²) in [6.45, 7) is 2.97. The van der Waals surface area contributed by atoms with Crippen molar-refractivity contribution in [3.63, 3.8) is 0 Å². The Labute approximate surface area is 175 Å². The highest BCUT2D eigenvalue weighted by Crippen LogP contribution is 2.41. The van der Waals surface area contributed by atoms with Gasteiger partial charge in [-0.15, -0.1) is 0 Å². The molecule has 0 bridgehead atoms. The van der Waals surface area contributed by atoms with E-state index in [2.05, 4.69) is 47.4 Å². The number of methoxy groups -OCH3 is 1. The van der Waals surface area contributed by atoms with E-state index in [9.17, 15) is 4.79 Å². The number of carbonyl (C=O) groups excluding carboxylic acids is 1. The first-order valence-corrected chi connectivity index (χ1v) is 10.7. The first kappa shape index (κ1) is 17.7. The van der Waals surface area contributed by atoms with Crippen LogP contribution >= 0.6 is 0 Å². The summed E-state index contributed by atoms with van der Waals surface area (Å²) in [7, 11) is 1.68. The summed E-state index contributed by atoms with van der Waals surface area (Å²) >= 11 is 0. The molecule has 4 heteroatoms. The summed E-state index contributed by atoms with van der Waals surface area (Å²) in [5.74, 6) is 0.988. The Bertz CT molecular complexity index is 1300. The van der Waals surface area contributed by atoms with Gasteiger partial charge in [-0.25, -0.2) is 0 Å². The van der Waals surface area contributed by atoms with Crippen LogP contribution in [-0.2, 0) is 25.9 Å². The average molecular weight is 396 g/mol. The largest absolute Gasteiger partial charge is 0.497 e. The monoisotopic (exact) mass is 396 g/mol. The number of carbonyl (C=O) groups is 1. The summed E-state index contributed by atoms with van der Waals surface area (Å²) in [5, 5.41) is 2.46. The molecule has 0 spiro atoms. The van der Waals surface area contributed by atoms with Gasteiger partial charge in [0, 0.05) is 42.9 Å². The molecule has 30 heavy (non-hydrogen) atoms. The third kappa shape index (κ3) is 2.60. The van der Waals surface area contributed by atoms with E-state index in [0.717, 1.165) is 49.3 Å². The molecule has 0 N–H and O–H groups in total. The zero-order chi connectivity index (χ0) is 20.2. The normalized spacial score (nSPS) is 16.2. The van der Waals surface area contributed by atoms with Crippen LogP contribution in [0.25, 0.3) is 21.8 Å². The number of benzene rings is 3. The smallest absolute Gasteiger partial charge is 0.231 e. The standard InChI is InChI=1S/C26H24N2O2/c1-30-20-8-9-22-23(14-20)28-24(29)10-7-18-13-19-16-27(15-17-5-3-2-4-6-17)12-11-21(19)25(22)26(18)28/h2-6,8-9,13-14H,7,10-12,15-16H2,1H3. The van der Waals surface area contributed by atoms with E-state index < -0.39 is 0 Å². The van der Waals surface area contributed by atoms with Gasteiger partial charge in [-0.05, 0) is 47.2 Å². The average Bonchev–Trinajstić information content (AvgIpc) is 3.13. The van der Waals surface area contributed by atoms with Gasteiger partial charge in [-0.2, -0.15) is 0 Å². The van der Waals surface area contributed by atoms with E-state index in [1.807, 2.05) is 16.7 Å². The molecule has 4 aromatic rings. The third-order valence-corrected chi connectivity index (χ3v) is 6.70. The summed E-state index contributed by atoms with van der Waals surface area (Å²) in [4.78, 5) is 15.4. The topological polar surface area (TPSA) is 34.5 Å². The van der Waals surface area contributed by atoms with Crippen molar-refractivity contribution in [2.45, 2.75) is 32.4 Å². The summed E-state index contributed by atoms with van der Waals surface area (Å²) in [6.07, 6.45) is 2.41. The molecule has 2 aliphatic heterocycles. The Morgan fingerprint density at radius 1 is 0.967 bits per heavy atom. The van der Waals surface area contributed by atoms with Crippen molar-refractivity contribution in [1.82, 2.24) is 9.47 Å². The predicted molar refractivity (Wildman–Crippen MR) is 119 cm³/mol. The fraction of sp³-hybridized carbons (Fsp3) is 0.269. The van der Waals surface area contributed by atoms with Crippen molar-refractivity contribution < 1.29 is 9.53 Å². The molecule has 1 aromatic heterocycles. The molecular formula is C26H24N2O2. The van der Waals surface area contributed by atoms with Crippen LogP contribution < -0.4 is 4.74 Å². The van der Waals surface area contributed by atoms with Crippen LogP contribution in [-0.4, -0.2) is 29.0 Å². The maximum Gasteiger partial charge on any atom is 0.231 e. The van der Waals surface area contributed by atoms with Gasteiger partial charge in [0.2, 0.25) is 5.91 Å². The molecule has 150 valence electrons. The predicted octanol–water partition coefficient (Wildman–Crippen LogP) is 4.95. The number of hydrogen-bond acceptors (Lipinski definition) is 3. The van der Waals surface area contributed by atoms with Gasteiger partial charge < -0.3 is 4.74 Å². The molecule has 0 saturated heterocycles. The number of aryl methyl sites for hydroxylation is 1. The molecule has 0 fully saturated rings. The Morgan fingerprint density at radius 2 is 1.83 bits per heavy atom. The van der Waals surface area contributed by atoms with Crippen LogP contribution in [0.15, 0.2) is 54.6 Å². The molecule has 3 aromatic carbocycles. The molecule has 0 aliphatic carbocycles. The molecule has 4 nitrogen and oxygen atoms in total. The van der Waals surface area contributed by atoms with Crippen LogP contribution in [0.1, 0.15) is 33.5 Å². The minimum Gasteiger partial charge on any atom is -0.497 e. The molecule has 0 unspecified atom stereocenters. The summed E-state index contributed by atoms with van der Waals surface area (Å²) in [5.41, 5.74) is 7.61. The number of nitrogens with zero attached hydrogens (tertiary/aromatic N) is 2. The van der Waals surface area contributed by atoms with Gasteiger partial charge in [0.25, 0.3) is 0 Å². The van der Waals surface area contributed by atoms with Crippen LogP contribution in [0.3, 0.4) is 0 Å². The number of ether oxygens (including phenoxy) is 1. The van der Waals surface area contributed by atoms with E-state index in [0.29, 0.717) is 6.42 Å². The van der Waals surface area contributed by atoms with Gasteiger partial charge >= 0.3 is 0 Å². The number of rotatable bonds is 3. The van der Waals surface area contributed by atoms with Crippen molar-refractivity contribution >= 4 is 27.7 Å². The molecule has 3 heterocycles. The molecule has 0 radical (unpaired) electrons. The molecular weight excluding hydrogens is 372 g/mol. The van der Waals surface area contributed by atoms with Crippen molar-refractivity contribution in [3.8, 4) is 5.75 Å².